The summed E-state index contributed by atoms with van der Waals surface area (Å²) in [6.45, 7) is 3.09. The maximum Gasteiger partial charge on any atom is 0.330 e. The Morgan fingerprint density at radius 1 is 1.40 bits per heavy atom. The van der Waals surface area contributed by atoms with E-state index in [-0.39, 0.29) is 12.1 Å². The zero-order valence-corrected chi connectivity index (χ0v) is 15.4. The molecular weight excluding hydrogens is 345 g/mol. The number of ether oxygens (including phenoxy) is 1. The topological polar surface area (TPSA) is 131 Å². The fourth-order valence-electron chi connectivity index (χ4n) is 2.68. The molecule has 1 fully saturated rings. The highest BCUT2D eigenvalue weighted by molar-refractivity contribution is 7.72. The second-order valence-corrected chi connectivity index (χ2v) is 11.2. The van der Waals surface area contributed by atoms with Crippen LogP contribution in [0.25, 0.3) is 6.08 Å². The van der Waals surface area contributed by atoms with Crippen molar-refractivity contribution in [1.29, 1.82) is 0 Å². The van der Waals surface area contributed by atoms with Crippen LogP contribution in [0.1, 0.15) is 18.2 Å². The molecule has 0 aromatic carbocycles. The quantitative estimate of drug-likeness (QED) is 0.486. The monoisotopic (exact) mass is 371 g/mol. The summed E-state index contributed by atoms with van der Waals surface area (Å²) in [5, 5.41) is 20.5. The van der Waals surface area contributed by atoms with Crippen LogP contribution in [-0.4, -0.2) is 70.4 Å². The van der Waals surface area contributed by atoms with Crippen molar-refractivity contribution in [2.45, 2.75) is 31.0 Å². The van der Waals surface area contributed by atoms with Gasteiger partial charge in [0.15, 0.2) is 6.23 Å². The Kier molecular flexibility index (Phi) is 6.24. The fraction of sp³-hybridized carbons (Fsp3) is 0.562. The molecule has 0 bridgehead atoms. The van der Waals surface area contributed by atoms with Crippen molar-refractivity contribution >= 4 is 19.3 Å². The minimum Gasteiger partial charge on any atom is -0.388 e. The first-order valence-corrected chi connectivity index (χ1v) is 11.1. The van der Waals surface area contributed by atoms with E-state index in [0.29, 0.717) is 6.42 Å². The molecule has 1 aromatic heterocycles. The molecule has 5 N–H and O–H groups in total. The molecule has 2 rings (SSSR count). The average Bonchev–Trinajstić information content (AvgIpc) is 2.80. The molecule has 0 unspecified atom stereocenters. The van der Waals surface area contributed by atoms with E-state index >= 15 is 0 Å². The molecule has 2 heterocycles. The molecule has 1 aliphatic heterocycles. The highest BCUT2D eigenvalue weighted by Gasteiger charge is 2.43. The smallest absolute Gasteiger partial charge is 0.330 e. The highest BCUT2D eigenvalue weighted by Crippen LogP contribution is 2.39. The van der Waals surface area contributed by atoms with Gasteiger partial charge in [-0.3, -0.25) is 14.3 Å². The number of nitrogens with one attached hydrogen (secondary N) is 1. The van der Waals surface area contributed by atoms with Crippen LogP contribution in [0.15, 0.2) is 21.9 Å². The van der Waals surface area contributed by atoms with Crippen molar-refractivity contribution in [1.82, 2.24) is 9.55 Å². The van der Waals surface area contributed by atoms with Crippen molar-refractivity contribution in [2.24, 2.45) is 5.73 Å². The van der Waals surface area contributed by atoms with E-state index in [1.807, 2.05) is 0 Å². The Balaban J connectivity index is 2.29. The van der Waals surface area contributed by atoms with Gasteiger partial charge in [0.2, 0.25) is 0 Å². The Morgan fingerprint density at radius 3 is 2.68 bits per heavy atom. The van der Waals surface area contributed by atoms with Crippen LogP contribution in [0.4, 0.5) is 0 Å². The molecule has 0 amide bonds. The van der Waals surface area contributed by atoms with Crippen molar-refractivity contribution in [3.8, 4) is 0 Å². The lowest BCUT2D eigenvalue weighted by molar-refractivity contribution is -0.0402. The van der Waals surface area contributed by atoms with Crippen molar-refractivity contribution in [2.75, 3.05) is 26.0 Å². The molecule has 0 aliphatic carbocycles. The van der Waals surface area contributed by atoms with Crippen molar-refractivity contribution in [3.05, 3.63) is 38.7 Å². The van der Waals surface area contributed by atoms with Crippen LogP contribution < -0.4 is 17.0 Å². The standard InChI is InChI=1S/C16H26N3O5P/c1-25(2,3)8-6-11-12(20)13(21)15(24-11)19-9-10(5-4-7-17)14(22)18-16(19)23/h4-5,9,11-13,15,20-21H,1,6-8,17H2,2-3H3,(H,18,22,23)/b5-4+/t11-,12-,13-,15-/m1/s1. The third-order valence-corrected chi connectivity index (χ3v) is 5.53. The van der Waals surface area contributed by atoms with Gasteiger partial charge in [0.05, 0.1) is 11.7 Å². The first kappa shape index (κ1) is 19.9. The summed E-state index contributed by atoms with van der Waals surface area (Å²) in [7, 11) is 0. The zero-order chi connectivity index (χ0) is 18.8. The molecular formula is C16H26N3O5P. The summed E-state index contributed by atoms with van der Waals surface area (Å²) >= 11 is 0. The van der Waals surface area contributed by atoms with Crippen LogP contribution in [0.3, 0.4) is 0 Å². The Labute approximate surface area is 145 Å². The second kappa shape index (κ2) is 7.85. The number of aromatic nitrogens is 2. The number of aromatic amines is 1. The van der Waals surface area contributed by atoms with E-state index in [0.717, 1.165) is 10.7 Å². The molecule has 1 aliphatic rings. The first-order chi connectivity index (χ1) is 11.6. The number of aliphatic hydroxyl groups excluding tert-OH is 2. The maximum atomic E-state index is 12.1. The van der Waals surface area contributed by atoms with Crippen LogP contribution in [0.2, 0.25) is 0 Å². The molecule has 9 heteroatoms. The number of aliphatic hydroxyl groups is 2. The SMILES string of the molecule is C=P(C)(C)CC[C@H]1O[C@@H](n2cc(/C=C/CN)c(=O)[nH]c2=O)[C@H](O)[C@@H]1O. The molecule has 0 saturated carbocycles. The fourth-order valence-corrected chi connectivity index (χ4v) is 3.63. The van der Waals surface area contributed by atoms with Gasteiger partial charge in [0, 0.05) is 12.7 Å². The number of hydrogen-bond donors (Lipinski definition) is 4. The number of H-pyrrole nitrogens is 1. The molecule has 0 spiro atoms. The van der Waals surface area contributed by atoms with Crippen molar-refractivity contribution < 1.29 is 14.9 Å². The summed E-state index contributed by atoms with van der Waals surface area (Å²) in [6.07, 6.45) is 5.76. The lowest BCUT2D eigenvalue weighted by Gasteiger charge is -2.19. The predicted molar refractivity (Wildman–Crippen MR) is 101 cm³/mol. The lowest BCUT2D eigenvalue weighted by atomic mass is 10.1. The van der Waals surface area contributed by atoms with Crippen LogP contribution in [0.5, 0.6) is 0 Å². The van der Waals surface area contributed by atoms with E-state index < -0.39 is 42.7 Å². The van der Waals surface area contributed by atoms with Crippen LogP contribution >= 0.6 is 6.89 Å². The third kappa shape index (κ3) is 4.80. The van der Waals surface area contributed by atoms with E-state index in [1.54, 1.807) is 6.08 Å². The molecule has 140 valence electrons. The lowest BCUT2D eigenvalue weighted by Crippen LogP contribution is -2.38. The van der Waals surface area contributed by atoms with Crippen molar-refractivity contribution in [3.63, 3.8) is 0 Å². The Morgan fingerprint density at radius 2 is 2.08 bits per heavy atom. The summed E-state index contributed by atoms with van der Waals surface area (Å²) in [4.78, 5) is 26.1. The van der Waals surface area contributed by atoms with Crippen LogP contribution in [0, 0.1) is 0 Å². The Hall–Kier alpha value is -1.44. The van der Waals surface area contributed by atoms with E-state index in [9.17, 15) is 19.8 Å². The van der Waals surface area contributed by atoms with Gasteiger partial charge in [0.1, 0.15) is 12.2 Å². The van der Waals surface area contributed by atoms with Gasteiger partial charge < -0.3 is 20.7 Å². The average molecular weight is 371 g/mol. The normalized spacial score (nSPS) is 27.2. The number of hydrogen-bond acceptors (Lipinski definition) is 6. The summed E-state index contributed by atoms with van der Waals surface area (Å²) in [5.74, 6) is 0. The largest absolute Gasteiger partial charge is 0.388 e. The summed E-state index contributed by atoms with van der Waals surface area (Å²) in [6, 6.07) is 0. The van der Waals surface area contributed by atoms with Gasteiger partial charge in [0.25, 0.3) is 5.56 Å². The molecule has 0 radical (unpaired) electrons. The van der Waals surface area contributed by atoms with Gasteiger partial charge in [-0.15, -0.1) is 13.2 Å². The molecule has 4 atom stereocenters. The van der Waals surface area contributed by atoms with Gasteiger partial charge in [-0.25, -0.2) is 4.79 Å². The minimum absolute atomic E-state index is 0.212. The van der Waals surface area contributed by atoms with E-state index in [2.05, 4.69) is 24.6 Å². The number of nitrogens with two attached hydrogens (primary N) is 1. The molecule has 1 saturated heterocycles. The first-order valence-electron chi connectivity index (χ1n) is 8.05. The summed E-state index contributed by atoms with van der Waals surface area (Å²) in [5.41, 5.74) is 4.32. The highest BCUT2D eigenvalue weighted by atomic mass is 31.2. The second-order valence-electron chi connectivity index (χ2n) is 6.88. The minimum atomic E-state index is -1.30. The zero-order valence-electron chi connectivity index (χ0n) is 14.5. The third-order valence-electron chi connectivity index (χ3n) is 4.06. The molecule has 1 aromatic rings. The van der Waals surface area contributed by atoms with Gasteiger partial charge >= 0.3 is 5.69 Å². The number of rotatable bonds is 6. The molecule has 25 heavy (non-hydrogen) atoms. The molecule has 8 nitrogen and oxygen atoms in total. The number of nitrogens with zero attached hydrogens (tertiary/aromatic N) is 1. The van der Waals surface area contributed by atoms with Gasteiger partial charge in [-0.05, 0) is 25.9 Å². The summed E-state index contributed by atoms with van der Waals surface area (Å²) < 4.78 is 6.82. The Bertz CT molecular complexity index is 794. The van der Waals surface area contributed by atoms with Gasteiger partial charge in [-0.1, -0.05) is 12.2 Å². The van der Waals surface area contributed by atoms with Crippen LogP contribution in [-0.2, 0) is 4.74 Å². The van der Waals surface area contributed by atoms with E-state index in [4.69, 9.17) is 10.5 Å². The predicted octanol–water partition coefficient (Wildman–Crippen LogP) is -0.773. The maximum absolute atomic E-state index is 12.1. The van der Waals surface area contributed by atoms with Gasteiger partial charge in [-0.2, -0.15) is 0 Å². The van der Waals surface area contributed by atoms with E-state index in [1.165, 1.54) is 12.3 Å².